The number of nitrogens with zero attached hydrogens (tertiary/aromatic N) is 2. The number of hydrogen-bond acceptors (Lipinski definition) is 5. The molecule has 3 rings (SSSR count). The number of anilines is 1. The Morgan fingerprint density at radius 2 is 1.71 bits per heavy atom. The lowest BCUT2D eigenvalue weighted by atomic mass is 9.99. The molecule has 0 radical (unpaired) electrons. The smallest absolute Gasteiger partial charge is 0.161 e. The minimum atomic E-state index is -0.385. The highest BCUT2D eigenvalue weighted by atomic mass is 16.5. The average molecular weight is 385 g/mol. The van der Waals surface area contributed by atoms with Gasteiger partial charge in [0.15, 0.2) is 11.5 Å². The van der Waals surface area contributed by atoms with E-state index in [1.54, 1.807) is 14.2 Å². The molecule has 1 aliphatic heterocycles. The second-order valence-corrected chi connectivity index (χ2v) is 7.70. The molecule has 0 amide bonds. The monoisotopic (exact) mass is 384 g/mol. The topological polar surface area (TPSA) is 45.2 Å². The van der Waals surface area contributed by atoms with Crippen molar-refractivity contribution in [2.24, 2.45) is 0 Å². The Morgan fingerprint density at radius 1 is 1.04 bits per heavy atom. The van der Waals surface area contributed by atoms with E-state index in [1.807, 2.05) is 19.1 Å². The summed E-state index contributed by atoms with van der Waals surface area (Å²) < 4.78 is 10.8. The van der Waals surface area contributed by atoms with Gasteiger partial charge in [0.1, 0.15) is 0 Å². The predicted octanol–water partition coefficient (Wildman–Crippen LogP) is 3.47. The maximum atomic E-state index is 10.00. The normalized spacial score (nSPS) is 14.7. The molecule has 1 heterocycles. The van der Waals surface area contributed by atoms with Crippen LogP contribution < -0.4 is 14.4 Å². The van der Waals surface area contributed by atoms with Crippen LogP contribution in [-0.2, 0) is 19.5 Å². The van der Waals surface area contributed by atoms with Crippen LogP contribution in [0.5, 0.6) is 11.5 Å². The lowest BCUT2D eigenvalue weighted by molar-refractivity contribution is 0.118. The molecule has 0 unspecified atom stereocenters. The molecule has 1 aliphatic rings. The van der Waals surface area contributed by atoms with Crippen molar-refractivity contribution in [2.45, 2.75) is 39.0 Å². The molecule has 1 N–H and O–H groups in total. The van der Waals surface area contributed by atoms with E-state index in [2.05, 4.69) is 41.1 Å². The van der Waals surface area contributed by atoms with Crippen molar-refractivity contribution in [3.05, 3.63) is 53.1 Å². The van der Waals surface area contributed by atoms with Crippen molar-refractivity contribution in [2.75, 3.05) is 39.3 Å². The third-order valence-electron chi connectivity index (χ3n) is 5.28. The standard InChI is InChI=1S/C23H32N2O3/c1-17(26)14-25(16-19-8-10-22(27-3)23(13-19)28-4)15-18-7-9-21-20(12-18)6-5-11-24(21)2/h7-10,12-13,17,26H,5-6,11,14-16H2,1-4H3/t17-/m0/s1. The van der Waals surface area contributed by atoms with E-state index >= 15 is 0 Å². The minimum absolute atomic E-state index is 0.385. The molecule has 152 valence electrons. The Bertz CT molecular complexity index is 791. The summed E-state index contributed by atoms with van der Waals surface area (Å²) in [7, 11) is 5.46. The Balaban J connectivity index is 1.77. The van der Waals surface area contributed by atoms with Gasteiger partial charge in [0.25, 0.3) is 0 Å². The molecule has 0 aromatic heterocycles. The van der Waals surface area contributed by atoms with Crippen molar-refractivity contribution < 1.29 is 14.6 Å². The first-order valence-electron chi connectivity index (χ1n) is 9.94. The van der Waals surface area contributed by atoms with Gasteiger partial charge in [-0.05, 0) is 54.7 Å². The van der Waals surface area contributed by atoms with Crippen LogP contribution in [0.3, 0.4) is 0 Å². The number of ether oxygens (including phenoxy) is 2. The minimum Gasteiger partial charge on any atom is -0.493 e. The SMILES string of the molecule is COc1ccc(CN(Cc2ccc3c(c2)CCCN3C)C[C@H](C)O)cc1OC. The fourth-order valence-electron chi connectivity index (χ4n) is 3.99. The van der Waals surface area contributed by atoms with E-state index in [-0.39, 0.29) is 6.10 Å². The third-order valence-corrected chi connectivity index (χ3v) is 5.28. The van der Waals surface area contributed by atoms with E-state index in [0.29, 0.717) is 6.54 Å². The summed E-state index contributed by atoms with van der Waals surface area (Å²) in [5, 5.41) is 10.00. The quantitative estimate of drug-likeness (QED) is 0.755. The van der Waals surface area contributed by atoms with Crippen LogP contribution in [0.15, 0.2) is 36.4 Å². The van der Waals surface area contributed by atoms with Crippen molar-refractivity contribution in [3.63, 3.8) is 0 Å². The zero-order valence-electron chi connectivity index (χ0n) is 17.4. The summed E-state index contributed by atoms with van der Waals surface area (Å²) in [6.07, 6.45) is 1.96. The number of methoxy groups -OCH3 is 2. The maximum Gasteiger partial charge on any atom is 0.161 e. The first-order chi connectivity index (χ1) is 13.5. The summed E-state index contributed by atoms with van der Waals surface area (Å²) in [4.78, 5) is 4.61. The number of fused-ring (bicyclic) bond motifs is 1. The van der Waals surface area contributed by atoms with Crippen molar-refractivity contribution in [1.29, 1.82) is 0 Å². The number of hydrogen-bond donors (Lipinski definition) is 1. The van der Waals surface area contributed by atoms with Crippen LogP contribution in [-0.4, -0.2) is 50.5 Å². The van der Waals surface area contributed by atoms with Gasteiger partial charge in [0.05, 0.1) is 20.3 Å². The molecule has 5 heteroatoms. The number of aliphatic hydroxyl groups excluding tert-OH is 1. The zero-order chi connectivity index (χ0) is 20.1. The fourth-order valence-corrected chi connectivity index (χ4v) is 3.99. The molecule has 0 bridgehead atoms. The Kier molecular flexibility index (Phi) is 6.81. The second-order valence-electron chi connectivity index (χ2n) is 7.70. The molecule has 0 aliphatic carbocycles. The van der Waals surface area contributed by atoms with Crippen LogP contribution in [0, 0.1) is 0 Å². The molecule has 2 aromatic carbocycles. The predicted molar refractivity (Wildman–Crippen MR) is 113 cm³/mol. The maximum absolute atomic E-state index is 10.00. The zero-order valence-corrected chi connectivity index (χ0v) is 17.4. The van der Waals surface area contributed by atoms with Crippen LogP contribution in [0.1, 0.15) is 30.0 Å². The number of aryl methyl sites for hydroxylation is 1. The molecule has 0 spiro atoms. The summed E-state index contributed by atoms with van der Waals surface area (Å²) >= 11 is 0. The number of benzene rings is 2. The first-order valence-corrected chi connectivity index (χ1v) is 9.94. The van der Waals surface area contributed by atoms with Gasteiger partial charge >= 0.3 is 0 Å². The molecular weight excluding hydrogens is 352 g/mol. The van der Waals surface area contributed by atoms with E-state index in [9.17, 15) is 5.11 Å². The molecule has 0 saturated carbocycles. The highest BCUT2D eigenvalue weighted by molar-refractivity contribution is 5.56. The van der Waals surface area contributed by atoms with E-state index < -0.39 is 0 Å². The van der Waals surface area contributed by atoms with Crippen LogP contribution in [0.4, 0.5) is 5.69 Å². The van der Waals surface area contributed by atoms with Gasteiger partial charge in [0.2, 0.25) is 0 Å². The van der Waals surface area contributed by atoms with E-state index in [1.165, 1.54) is 23.2 Å². The average Bonchev–Trinajstić information content (AvgIpc) is 2.67. The first kappa shape index (κ1) is 20.5. The van der Waals surface area contributed by atoms with Crippen molar-refractivity contribution in [1.82, 2.24) is 4.90 Å². The van der Waals surface area contributed by atoms with E-state index in [0.717, 1.165) is 43.1 Å². The van der Waals surface area contributed by atoms with Gasteiger partial charge < -0.3 is 19.5 Å². The summed E-state index contributed by atoms with van der Waals surface area (Å²) in [6, 6.07) is 12.8. The van der Waals surface area contributed by atoms with Crippen LogP contribution in [0.25, 0.3) is 0 Å². The van der Waals surface area contributed by atoms with E-state index in [4.69, 9.17) is 9.47 Å². The van der Waals surface area contributed by atoms with Gasteiger partial charge in [-0.1, -0.05) is 18.2 Å². The molecule has 2 aromatic rings. The summed E-state index contributed by atoms with van der Waals surface area (Å²) in [5.74, 6) is 1.46. The molecule has 0 saturated heterocycles. The van der Waals surface area contributed by atoms with Gasteiger partial charge in [-0.2, -0.15) is 0 Å². The molecule has 5 nitrogen and oxygen atoms in total. The Morgan fingerprint density at radius 3 is 2.39 bits per heavy atom. The van der Waals surface area contributed by atoms with Crippen molar-refractivity contribution in [3.8, 4) is 11.5 Å². The Labute approximate surface area is 168 Å². The molecule has 1 atom stereocenters. The fraction of sp³-hybridized carbons (Fsp3) is 0.478. The van der Waals surface area contributed by atoms with Gasteiger partial charge in [-0.15, -0.1) is 0 Å². The van der Waals surface area contributed by atoms with Crippen LogP contribution in [0.2, 0.25) is 0 Å². The summed E-state index contributed by atoms with van der Waals surface area (Å²) in [6.45, 7) is 5.12. The van der Waals surface area contributed by atoms with Gasteiger partial charge in [-0.3, -0.25) is 4.90 Å². The highest BCUT2D eigenvalue weighted by Crippen LogP contribution is 2.29. The highest BCUT2D eigenvalue weighted by Gasteiger charge is 2.16. The van der Waals surface area contributed by atoms with Crippen molar-refractivity contribution >= 4 is 5.69 Å². The molecule has 28 heavy (non-hydrogen) atoms. The molecule has 0 fully saturated rings. The third kappa shape index (κ3) is 4.97. The number of aliphatic hydroxyl groups is 1. The van der Waals surface area contributed by atoms with Crippen LogP contribution >= 0.6 is 0 Å². The van der Waals surface area contributed by atoms with Gasteiger partial charge in [-0.25, -0.2) is 0 Å². The second kappa shape index (κ2) is 9.30. The lowest BCUT2D eigenvalue weighted by Crippen LogP contribution is -2.30. The summed E-state index contributed by atoms with van der Waals surface area (Å²) in [5.41, 5.74) is 5.19. The number of rotatable bonds is 8. The molecular formula is C23H32N2O3. The van der Waals surface area contributed by atoms with Gasteiger partial charge in [0, 0.05) is 38.9 Å². The largest absolute Gasteiger partial charge is 0.493 e. The Hall–Kier alpha value is -2.24. The lowest BCUT2D eigenvalue weighted by Gasteiger charge is -2.29.